The van der Waals surface area contributed by atoms with Gasteiger partial charge in [0.15, 0.2) is 0 Å². The van der Waals surface area contributed by atoms with Gasteiger partial charge in [-0.1, -0.05) is 20.8 Å². The highest BCUT2D eigenvalue weighted by Gasteiger charge is 2.14. The van der Waals surface area contributed by atoms with Crippen molar-refractivity contribution < 1.29 is 0 Å². The molecular formula is C14H25N3. The van der Waals surface area contributed by atoms with Crippen molar-refractivity contribution in [2.75, 3.05) is 0 Å². The summed E-state index contributed by atoms with van der Waals surface area (Å²) >= 11 is 0. The van der Waals surface area contributed by atoms with Crippen molar-refractivity contribution in [1.29, 1.82) is 0 Å². The normalized spacial score (nSPS) is 12.8. The summed E-state index contributed by atoms with van der Waals surface area (Å²) in [5.41, 5.74) is 1.42. The Kier molecular flexibility index (Phi) is 4.26. The second-order valence-corrected chi connectivity index (χ2v) is 6.81. The lowest BCUT2D eigenvalue weighted by atomic mass is 9.92. The Morgan fingerprint density at radius 3 is 2.29 bits per heavy atom. The molecule has 0 atom stereocenters. The van der Waals surface area contributed by atoms with Gasteiger partial charge in [-0.15, -0.1) is 0 Å². The maximum absolute atomic E-state index is 4.59. The van der Waals surface area contributed by atoms with Crippen LogP contribution in [-0.2, 0) is 13.0 Å². The molecule has 0 unspecified atom stereocenters. The van der Waals surface area contributed by atoms with E-state index in [4.69, 9.17) is 0 Å². The molecule has 1 aromatic rings. The summed E-state index contributed by atoms with van der Waals surface area (Å²) < 4.78 is 0. The first kappa shape index (κ1) is 14.1. The highest BCUT2D eigenvalue weighted by atomic mass is 15.0. The van der Waals surface area contributed by atoms with E-state index >= 15 is 0 Å². The molecule has 0 aliphatic carbocycles. The third-order valence-electron chi connectivity index (χ3n) is 2.25. The molecule has 0 saturated heterocycles. The van der Waals surface area contributed by atoms with Gasteiger partial charge < -0.3 is 5.32 Å². The molecule has 3 nitrogen and oxygen atoms in total. The molecule has 0 fully saturated rings. The zero-order chi connectivity index (χ0) is 13.1. The molecule has 0 saturated carbocycles. The maximum atomic E-state index is 4.59. The number of nitrogens with one attached hydrogen (secondary N) is 1. The van der Waals surface area contributed by atoms with E-state index < -0.39 is 0 Å². The zero-order valence-electron chi connectivity index (χ0n) is 12.0. The molecule has 0 aliphatic rings. The molecule has 0 aliphatic heterocycles. The van der Waals surface area contributed by atoms with Crippen LogP contribution in [0.15, 0.2) is 12.3 Å². The summed E-state index contributed by atoms with van der Waals surface area (Å²) in [4.78, 5) is 8.92. The standard InChI is InChI=1S/C14H25N3/c1-13(2,3)9-12-15-8-7-11(17-12)10-16-14(4,5)6/h7-8,16H,9-10H2,1-6H3. The van der Waals surface area contributed by atoms with Crippen molar-refractivity contribution in [2.45, 2.75) is 60.0 Å². The first-order valence-electron chi connectivity index (χ1n) is 6.22. The van der Waals surface area contributed by atoms with E-state index in [9.17, 15) is 0 Å². The van der Waals surface area contributed by atoms with Crippen molar-refractivity contribution in [2.24, 2.45) is 5.41 Å². The molecule has 0 aromatic carbocycles. The van der Waals surface area contributed by atoms with E-state index in [1.54, 1.807) is 0 Å². The molecule has 17 heavy (non-hydrogen) atoms. The third-order valence-corrected chi connectivity index (χ3v) is 2.25. The number of rotatable bonds is 3. The molecule has 1 N–H and O–H groups in total. The van der Waals surface area contributed by atoms with Gasteiger partial charge in [0.2, 0.25) is 0 Å². The minimum Gasteiger partial charge on any atom is -0.306 e. The van der Waals surface area contributed by atoms with Crippen LogP contribution in [0.3, 0.4) is 0 Å². The Labute approximate surface area is 105 Å². The molecule has 1 aromatic heterocycles. The molecular weight excluding hydrogens is 210 g/mol. The summed E-state index contributed by atoms with van der Waals surface area (Å²) in [5, 5.41) is 3.44. The molecule has 0 radical (unpaired) electrons. The largest absolute Gasteiger partial charge is 0.306 e. The van der Waals surface area contributed by atoms with Crippen molar-refractivity contribution in [3.05, 3.63) is 23.8 Å². The summed E-state index contributed by atoms with van der Waals surface area (Å²) in [6, 6.07) is 1.98. The first-order chi connectivity index (χ1) is 7.66. The predicted molar refractivity (Wildman–Crippen MR) is 71.8 cm³/mol. The fourth-order valence-corrected chi connectivity index (χ4v) is 1.45. The molecule has 3 heteroatoms. The van der Waals surface area contributed by atoms with Crippen LogP contribution >= 0.6 is 0 Å². The molecule has 0 amide bonds. The van der Waals surface area contributed by atoms with Gasteiger partial charge in [0, 0.05) is 24.7 Å². The van der Waals surface area contributed by atoms with Crippen molar-refractivity contribution in [3.8, 4) is 0 Å². The quantitative estimate of drug-likeness (QED) is 0.875. The lowest BCUT2D eigenvalue weighted by Crippen LogP contribution is -2.35. The topological polar surface area (TPSA) is 37.8 Å². The van der Waals surface area contributed by atoms with E-state index in [1.165, 1.54) is 0 Å². The van der Waals surface area contributed by atoms with Crippen molar-refractivity contribution in [3.63, 3.8) is 0 Å². The summed E-state index contributed by atoms with van der Waals surface area (Å²) in [7, 11) is 0. The molecule has 96 valence electrons. The van der Waals surface area contributed by atoms with Crippen LogP contribution in [-0.4, -0.2) is 15.5 Å². The van der Waals surface area contributed by atoms with Gasteiger partial charge in [-0.25, -0.2) is 9.97 Å². The first-order valence-corrected chi connectivity index (χ1v) is 6.22. The number of aromatic nitrogens is 2. The molecule has 1 rings (SSSR count). The average molecular weight is 235 g/mol. The van der Waals surface area contributed by atoms with E-state index in [2.05, 4.69) is 56.8 Å². The SMILES string of the molecule is CC(C)(C)Cc1nccc(CNC(C)(C)C)n1. The zero-order valence-corrected chi connectivity index (χ0v) is 12.0. The van der Waals surface area contributed by atoms with E-state index in [0.717, 1.165) is 24.5 Å². The fraction of sp³-hybridized carbons (Fsp3) is 0.714. The van der Waals surface area contributed by atoms with Gasteiger partial charge >= 0.3 is 0 Å². The minimum atomic E-state index is 0.120. The fourth-order valence-electron chi connectivity index (χ4n) is 1.45. The van der Waals surface area contributed by atoms with Gasteiger partial charge in [-0.2, -0.15) is 0 Å². The van der Waals surface area contributed by atoms with Crippen molar-refractivity contribution in [1.82, 2.24) is 15.3 Å². The Hall–Kier alpha value is -0.960. The van der Waals surface area contributed by atoms with Gasteiger partial charge in [0.05, 0.1) is 5.69 Å². The Morgan fingerprint density at radius 1 is 1.12 bits per heavy atom. The highest BCUT2D eigenvalue weighted by Crippen LogP contribution is 2.18. The lowest BCUT2D eigenvalue weighted by Gasteiger charge is -2.21. The van der Waals surface area contributed by atoms with Crippen molar-refractivity contribution >= 4 is 0 Å². The van der Waals surface area contributed by atoms with Crippen LogP contribution in [0.2, 0.25) is 0 Å². The number of hydrogen-bond acceptors (Lipinski definition) is 3. The van der Waals surface area contributed by atoms with Crippen LogP contribution in [0.25, 0.3) is 0 Å². The molecule has 0 spiro atoms. The van der Waals surface area contributed by atoms with Crippen LogP contribution < -0.4 is 5.32 Å². The summed E-state index contributed by atoms with van der Waals surface area (Å²) in [6.07, 6.45) is 2.77. The molecule has 0 bridgehead atoms. The monoisotopic (exact) mass is 235 g/mol. The third kappa shape index (κ3) is 6.37. The lowest BCUT2D eigenvalue weighted by molar-refractivity contribution is 0.396. The van der Waals surface area contributed by atoms with Crippen LogP contribution in [0.1, 0.15) is 53.1 Å². The Balaban J connectivity index is 2.66. The number of nitrogens with zero attached hydrogens (tertiary/aromatic N) is 2. The summed E-state index contributed by atoms with van der Waals surface area (Å²) in [6.45, 7) is 13.9. The van der Waals surface area contributed by atoms with E-state index in [1.807, 2.05) is 12.3 Å². The van der Waals surface area contributed by atoms with E-state index in [-0.39, 0.29) is 11.0 Å². The second kappa shape index (κ2) is 5.13. The Morgan fingerprint density at radius 2 is 1.76 bits per heavy atom. The summed E-state index contributed by atoms with van der Waals surface area (Å²) in [5.74, 6) is 0.936. The number of hydrogen-bond donors (Lipinski definition) is 1. The van der Waals surface area contributed by atoms with Gasteiger partial charge in [-0.3, -0.25) is 0 Å². The van der Waals surface area contributed by atoms with E-state index in [0.29, 0.717) is 0 Å². The Bertz CT molecular complexity index is 358. The smallest absolute Gasteiger partial charge is 0.129 e. The van der Waals surface area contributed by atoms with Crippen LogP contribution in [0.5, 0.6) is 0 Å². The minimum absolute atomic E-state index is 0.120. The van der Waals surface area contributed by atoms with Gasteiger partial charge in [0.1, 0.15) is 5.82 Å². The van der Waals surface area contributed by atoms with Gasteiger partial charge in [-0.05, 0) is 32.3 Å². The maximum Gasteiger partial charge on any atom is 0.129 e. The highest BCUT2D eigenvalue weighted by molar-refractivity contribution is 5.03. The van der Waals surface area contributed by atoms with Crippen LogP contribution in [0, 0.1) is 5.41 Å². The second-order valence-electron chi connectivity index (χ2n) is 6.81. The van der Waals surface area contributed by atoms with Gasteiger partial charge in [0.25, 0.3) is 0 Å². The average Bonchev–Trinajstić information content (AvgIpc) is 2.11. The predicted octanol–water partition coefficient (Wildman–Crippen LogP) is 2.95. The molecule has 1 heterocycles. The van der Waals surface area contributed by atoms with Crippen LogP contribution in [0.4, 0.5) is 0 Å².